The Labute approximate surface area is 182 Å². The predicted octanol–water partition coefficient (Wildman–Crippen LogP) is 2.82. The molecule has 9 heteroatoms. The molecule has 0 saturated heterocycles. The Balaban J connectivity index is 2.33. The summed E-state index contributed by atoms with van der Waals surface area (Å²) in [5, 5.41) is 0. The van der Waals surface area contributed by atoms with Crippen molar-refractivity contribution in [1.29, 1.82) is 0 Å². The third-order valence-electron chi connectivity index (χ3n) is 4.30. The first-order valence-corrected chi connectivity index (χ1v) is 10.9. The van der Waals surface area contributed by atoms with Gasteiger partial charge in [-0.05, 0) is 57.5 Å². The van der Waals surface area contributed by atoms with Crippen molar-refractivity contribution in [1.82, 2.24) is 0 Å². The van der Waals surface area contributed by atoms with Gasteiger partial charge in [0.05, 0.1) is 13.5 Å². The Hall–Kier alpha value is -2.91. The maximum absolute atomic E-state index is 12.8. The number of carbonyl (C=O) groups is 2. The summed E-state index contributed by atoms with van der Waals surface area (Å²) >= 11 is 0. The van der Waals surface area contributed by atoms with Crippen molar-refractivity contribution in [3.05, 3.63) is 59.7 Å². The highest BCUT2D eigenvalue weighted by molar-refractivity contribution is 7.87. The molecule has 0 fully saturated rings. The minimum absolute atomic E-state index is 0.00907. The van der Waals surface area contributed by atoms with Crippen LogP contribution in [0, 0.1) is 6.92 Å². The van der Waals surface area contributed by atoms with E-state index in [2.05, 4.69) is 4.74 Å². The highest BCUT2D eigenvalue weighted by atomic mass is 32.2. The SMILES string of the molecule is COC(=O)CC(N)(C(=O)OC(C)(C)C)c1ccc(OS(=O)(=O)c2ccc(C)cc2)cc1. The number of carbonyl (C=O) groups excluding carboxylic acids is 2. The lowest BCUT2D eigenvalue weighted by atomic mass is 9.87. The topological polar surface area (TPSA) is 122 Å². The van der Waals surface area contributed by atoms with Gasteiger partial charge in [-0.1, -0.05) is 29.8 Å². The molecule has 2 N–H and O–H groups in total. The van der Waals surface area contributed by atoms with Crippen LogP contribution in [-0.4, -0.2) is 33.1 Å². The fraction of sp³-hybridized carbons (Fsp3) is 0.364. The van der Waals surface area contributed by atoms with Crippen LogP contribution in [0.4, 0.5) is 0 Å². The maximum atomic E-state index is 12.8. The van der Waals surface area contributed by atoms with Crippen LogP contribution < -0.4 is 9.92 Å². The molecule has 0 saturated carbocycles. The number of hydrogen-bond donors (Lipinski definition) is 1. The van der Waals surface area contributed by atoms with Crippen LogP contribution >= 0.6 is 0 Å². The van der Waals surface area contributed by atoms with Gasteiger partial charge in [0.25, 0.3) is 0 Å². The largest absolute Gasteiger partial charge is 0.469 e. The summed E-state index contributed by atoms with van der Waals surface area (Å²) in [4.78, 5) is 24.7. The van der Waals surface area contributed by atoms with E-state index in [4.69, 9.17) is 14.7 Å². The molecule has 1 unspecified atom stereocenters. The van der Waals surface area contributed by atoms with Gasteiger partial charge in [0.2, 0.25) is 0 Å². The average Bonchev–Trinajstić information content (AvgIpc) is 2.67. The molecule has 0 aliphatic heterocycles. The molecule has 0 amide bonds. The zero-order valence-electron chi connectivity index (χ0n) is 18.2. The zero-order chi connectivity index (χ0) is 23.4. The predicted molar refractivity (Wildman–Crippen MR) is 114 cm³/mol. The summed E-state index contributed by atoms with van der Waals surface area (Å²) in [5.41, 5.74) is 4.79. The molecule has 0 heterocycles. The van der Waals surface area contributed by atoms with E-state index in [0.29, 0.717) is 0 Å². The van der Waals surface area contributed by atoms with Crippen LogP contribution in [0.3, 0.4) is 0 Å². The summed E-state index contributed by atoms with van der Waals surface area (Å²) < 4.78 is 40.1. The molecule has 31 heavy (non-hydrogen) atoms. The second-order valence-electron chi connectivity index (χ2n) is 8.10. The van der Waals surface area contributed by atoms with Crippen molar-refractivity contribution in [2.75, 3.05) is 7.11 Å². The van der Waals surface area contributed by atoms with E-state index in [1.165, 1.54) is 43.5 Å². The molecular formula is C22H27NO7S. The lowest BCUT2D eigenvalue weighted by Gasteiger charge is -2.31. The van der Waals surface area contributed by atoms with E-state index in [1.807, 2.05) is 6.92 Å². The Morgan fingerprint density at radius 1 is 0.968 bits per heavy atom. The summed E-state index contributed by atoms with van der Waals surface area (Å²) in [6.07, 6.45) is -0.458. The van der Waals surface area contributed by atoms with Gasteiger partial charge in [-0.25, -0.2) is 4.79 Å². The van der Waals surface area contributed by atoms with Crippen molar-refractivity contribution < 1.29 is 31.7 Å². The molecule has 0 aliphatic rings. The third kappa shape index (κ3) is 6.28. The lowest BCUT2D eigenvalue weighted by Crippen LogP contribution is -2.50. The van der Waals surface area contributed by atoms with Gasteiger partial charge in [0.1, 0.15) is 16.2 Å². The Kier molecular flexibility index (Phi) is 7.13. The van der Waals surface area contributed by atoms with Crippen molar-refractivity contribution in [3.8, 4) is 5.75 Å². The van der Waals surface area contributed by atoms with Crippen molar-refractivity contribution in [2.24, 2.45) is 5.73 Å². The van der Waals surface area contributed by atoms with E-state index >= 15 is 0 Å². The first kappa shape index (κ1) is 24.4. The Morgan fingerprint density at radius 2 is 1.52 bits per heavy atom. The standard InChI is InChI=1S/C22H27NO7S/c1-15-6-12-18(13-7-15)31(26,27)30-17-10-8-16(9-11-17)22(23,14-19(24)28-5)20(25)29-21(2,3)4/h6-13H,14,23H2,1-5H3. The summed E-state index contributed by atoms with van der Waals surface area (Å²) in [6.45, 7) is 6.87. The van der Waals surface area contributed by atoms with Crippen LogP contribution in [0.1, 0.15) is 38.3 Å². The Morgan fingerprint density at radius 3 is 2.00 bits per heavy atom. The van der Waals surface area contributed by atoms with Crippen LogP contribution in [-0.2, 0) is 34.7 Å². The summed E-state index contributed by atoms with van der Waals surface area (Å²) in [6, 6.07) is 11.7. The highest BCUT2D eigenvalue weighted by Crippen LogP contribution is 2.29. The fourth-order valence-electron chi connectivity index (χ4n) is 2.65. The molecule has 2 rings (SSSR count). The monoisotopic (exact) mass is 449 g/mol. The minimum atomic E-state index is -4.04. The van der Waals surface area contributed by atoms with Crippen LogP contribution in [0.5, 0.6) is 5.75 Å². The molecule has 0 radical (unpaired) electrons. The molecule has 168 valence electrons. The number of hydrogen-bond acceptors (Lipinski definition) is 8. The van der Waals surface area contributed by atoms with E-state index < -0.39 is 39.6 Å². The number of ether oxygens (including phenoxy) is 2. The highest BCUT2D eigenvalue weighted by Gasteiger charge is 2.42. The van der Waals surface area contributed by atoms with E-state index in [1.54, 1.807) is 32.9 Å². The van der Waals surface area contributed by atoms with Gasteiger partial charge in [-0.15, -0.1) is 0 Å². The number of rotatable bonds is 7. The lowest BCUT2D eigenvalue weighted by molar-refractivity contribution is -0.165. The minimum Gasteiger partial charge on any atom is -0.469 e. The number of benzene rings is 2. The molecule has 2 aromatic rings. The van der Waals surface area contributed by atoms with Crippen molar-refractivity contribution in [2.45, 2.75) is 50.2 Å². The number of esters is 2. The smallest absolute Gasteiger partial charge is 0.339 e. The van der Waals surface area contributed by atoms with Crippen LogP contribution in [0.2, 0.25) is 0 Å². The second-order valence-corrected chi connectivity index (χ2v) is 9.65. The van der Waals surface area contributed by atoms with Crippen molar-refractivity contribution >= 4 is 22.1 Å². The molecule has 2 aromatic carbocycles. The molecule has 0 aliphatic carbocycles. The van der Waals surface area contributed by atoms with E-state index in [0.717, 1.165) is 5.56 Å². The summed E-state index contributed by atoms with van der Waals surface area (Å²) in [5.74, 6) is -1.49. The van der Waals surface area contributed by atoms with Gasteiger partial charge in [0.15, 0.2) is 5.54 Å². The zero-order valence-corrected chi connectivity index (χ0v) is 19.0. The van der Waals surface area contributed by atoms with Crippen LogP contribution in [0.15, 0.2) is 53.4 Å². The number of methoxy groups -OCH3 is 1. The third-order valence-corrected chi connectivity index (χ3v) is 5.56. The average molecular weight is 450 g/mol. The van der Waals surface area contributed by atoms with E-state index in [9.17, 15) is 18.0 Å². The summed E-state index contributed by atoms with van der Waals surface area (Å²) in [7, 11) is -2.85. The maximum Gasteiger partial charge on any atom is 0.339 e. The van der Waals surface area contributed by atoms with Crippen LogP contribution in [0.25, 0.3) is 0 Å². The molecule has 8 nitrogen and oxygen atoms in total. The quantitative estimate of drug-likeness (QED) is 0.506. The number of aryl methyl sites for hydroxylation is 1. The van der Waals surface area contributed by atoms with Gasteiger partial charge in [0, 0.05) is 0 Å². The van der Waals surface area contributed by atoms with Gasteiger partial charge in [-0.3, -0.25) is 4.79 Å². The first-order chi connectivity index (χ1) is 14.3. The number of nitrogens with two attached hydrogens (primary N) is 1. The molecule has 0 aromatic heterocycles. The van der Waals surface area contributed by atoms with Crippen molar-refractivity contribution in [3.63, 3.8) is 0 Å². The fourth-order valence-corrected chi connectivity index (χ4v) is 3.58. The molecular weight excluding hydrogens is 422 g/mol. The molecule has 0 bridgehead atoms. The normalized spacial score (nSPS) is 13.7. The molecule has 1 atom stereocenters. The van der Waals surface area contributed by atoms with Gasteiger partial charge in [-0.2, -0.15) is 8.42 Å². The molecule has 0 spiro atoms. The first-order valence-electron chi connectivity index (χ1n) is 9.48. The van der Waals surface area contributed by atoms with Gasteiger partial charge < -0.3 is 19.4 Å². The van der Waals surface area contributed by atoms with Gasteiger partial charge >= 0.3 is 22.1 Å². The second kappa shape index (κ2) is 9.07. The Bertz CT molecular complexity index is 1040. The van der Waals surface area contributed by atoms with E-state index in [-0.39, 0.29) is 16.2 Å².